The van der Waals surface area contributed by atoms with Crippen LogP contribution in [0.3, 0.4) is 0 Å². The van der Waals surface area contributed by atoms with Crippen molar-refractivity contribution in [3.63, 3.8) is 0 Å². The number of carbonyl (C=O) groups is 2. The number of rotatable bonds is 7. The lowest BCUT2D eigenvalue weighted by molar-refractivity contribution is -0.153. The van der Waals surface area contributed by atoms with Gasteiger partial charge in [0.25, 0.3) is 11.8 Å². The highest BCUT2D eigenvalue weighted by atomic mass is 32.1. The van der Waals surface area contributed by atoms with Crippen molar-refractivity contribution >= 4 is 23.2 Å². The largest absolute Gasteiger partial charge is 0.380 e. The summed E-state index contributed by atoms with van der Waals surface area (Å²) >= 11 is 1.38. The molecular formula is C26H25N3O4S. The minimum Gasteiger partial charge on any atom is -0.380 e. The third-order valence-electron chi connectivity index (χ3n) is 6.04. The maximum Gasteiger partial charge on any atom is 0.255 e. The molecule has 34 heavy (non-hydrogen) atoms. The molecule has 0 unspecified atom stereocenters. The van der Waals surface area contributed by atoms with Crippen LogP contribution < -0.4 is 5.32 Å². The van der Waals surface area contributed by atoms with Crippen LogP contribution in [0.15, 0.2) is 66.0 Å². The number of likely N-dealkylation sites (tertiary alicyclic amines) is 1. The third kappa shape index (κ3) is 5.02. The summed E-state index contributed by atoms with van der Waals surface area (Å²) in [5.74, 6) is -1.47. The molecule has 1 fully saturated rings. The first kappa shape index (κ1) is 23.6. The normalized spacial score (nSPS) is 17.1. The molecule has 0 saturated carbocycles. The maximum atomic E-state index is 12.9. The molecule has 0 bridgehead atoms. The monoisotopic (exact) mass is 475 g/mol. The molecule has 1 aliphatic rings. The van der Waals surface area contributed by atoms with Gasteiger partial charge in [-0.05, 0) is 41.0 Å². The third-order valence-corrected chi connectivity index (χ3v) is 6.86. The highest BCUT2D eigenvalue weighted by molar-refractivity contribution is 7.11. The van der Waals surface area contributed by atoms with E-state index in [4.69, 9.17) is 0 Å². The molecule has 3 aromatic rings. The number of hydrogen-bond donors (Lipinski definition) is 3. The maximum absolute atomic E-state index is 12.9. The predicted molar refractivity (Wildman–Crippen MR) is 128 cm³/mol. The lowest BCUT2D eigenvalue weighted by Crippen LogP contribution is -2.50. The molecule has 3 atom stereocenters. The van der Waals surface area contributed by atoms with Gasteiger partial charge in [-0.25, -0.2) is 0 Å². The van der Waals surface area contributed by atoms with E-state index in [-0.39, 0.29) is 12.6 Å². The van der Waals surface area contributed by atoms with Crippen molar-refractivity contribution in [3.05, 3.63) is 82.0 Å². The van der Waals surface area contributed by atoms with Crippen molar-refractivity contribution < 1.29 is 19.8 Å². The van der Waals surface area contributed by atoms with Gasteiger partial charge in [-0.1, -0.05) is 54.6 Å². The minimum absolute atomic E-state index is 0.127. The van der Waals surface area contributed by atoms with Gasteiger partial charge in [-0.2, -0.15) is 5.26 Å². The molecule has 0 radical (unpaired) electrons. The summed E-state index contributed by atoms with van der Waals surface area (Å²) < 4.78 is 0. The molecule has 1 aromatic heterocycles. The van der Waals surface area contributed by atoms with Gasteiger partial charge in [0.1, 0.15) is 10.9 Å². The first-order chi connectivity index (χ1) is 16.5. The molecule has 8 heteroatoms. The zero-order chi connectivity index (χ0) is 24.1. The quantitative estimate of drug-likeness (QED) is 0.486. The zero-order valence-corrected chi connectivity index (χ0v) is 19.2. The van der Waals surface area contributed by atoms with Gasteiger partial charge in [0.2, 0.25) is 0 Å². The number of nitrogens with one attached hydrogen (secondary N) is 1. The molecule has 3 N–H and O–H groups in total. The Balaban J connectivity index is 1.34. The summed E-state index contributed by atoms with van der Waals surface area (Å²) in [6.07, 6.45) is -2.15. The molecule has 1 aliphatic heterocycles. The summed E-state index contributed by atoms with van der Waals surface area (Å²) in [5.41, 5.74) is 3.50. The van der Waals surface area contributed by atoms with Gasteiger partial charge in [0.05, 0.1) is 6.04 Å². The standard InChI is InChI=1S/C26H25N3O4S/c27-15-22-20(12-14-34-22)18-10-8-17(9-11-18)16-28-25(32)23(30)24(31)26(33)29-13-4-7-21(29)19-5-2-1-3-6-19/h1-3,5-6,8-12,14,21,23-24,30-31H,4,7,13,16H2,(H,28,32)/t21-,23-,24-/m1/s1. The van der Waals surface area contributed by atoms with E-state index in [1.54, 1.807) is 0 Å². The van der Waals surface area contributed by atoms with E-state index in [2.05, 4.69) is 11.4 Å². The number of nitrogens with zero attached hydrogens (tertiary/aromatic N) is 2. The number of amides is 2. The Morgan fingerprint density at radius 2 is 1.82 bits per heavy atom. The molecule has 0 aliphatic carbocycles. The fraction of sp³-hybridized carbons (Fsp3) is 0.269. The van der Waals surface area contributed by atoms with E-state index in [0.29, 0.717) is 11.4 Å². The Kier molecular flexibility index (Phi) is 7.38. The molecule has 0 spiro atoms. The van der Waals surface area contributed by atoms with Crippen molar-refractivity contribution in [2.45, 2.75) is 37.6 Å². The number of aliphatic hydroxyl groups is 2. The average Bonchev–Trinajstić information content (AvgIpc) is 3.56. The van der Waals surface area contributed by atoms with Crippen LogP contribution in [-0.4, -0.2) is 45.7 Å². The fourth-order valence-electron chi connectivity index (χ4n) is 4.22. The van der Waals surface area contributed by atoms with Crippen molar-refractivity contribution in [1.29, 1.82) is 5.26 Å². The van der Waals surface area contributed by atoms with E-state index in [0.717, 1.165) is 35.1 Å². The average molecular weight is 476 g/mol. The summed E-state index contributed by atoms with van der Waals surface area (Å²) in [7, 11) is 0. The van der Waals surface area contributed by atoms with E-state index in [1.165, 1.54) is 16.2 Å². The first-order valence-corrected chi connectivity index (χ1v) is 11.9. The Bertz CT molecular complexity index is 1190. The molecule has 2 heterocycles. The highest BCUT2D eigenvalue weighted by Gasteiger charge is 2.38. The predicted octanol–water partition coefficient (Wildman–Crippen LogP) is 2.99. The van der Waals surface area contributed by atoms with Gasteiger partial charge >= 0.3 is 0 Å². The SMILES string of the molecule is N#Cc1sccc1-c1ccc(CNC(=O)[C@H](O)[C@@H](O)C(=O)N2CCC[C@@H]2c2ccccc2)cc1. The second kappa shape index (κ2) is 10.6. The smallest absolute Gasteiger partial charge is 0.255 e. The Hall–Kier alpha value is -3.51. The van der Waals surface area contributed by atoms with Crippen LogP contribution in [0, 0.1) is 11.3 Å². The van der Waals surface area contributed by atoms with Crippen molar-refractivity contribution in [1.82, 2.24) is 10.2 Å². The molecule has 1 saturated heterocycles. The zero-order valence-electron chi connectivity index (χ0n) is 18.4. The second-order valence-electron chi connectivity index (χ2n) is 8.18. The summed E-state index contributed by atoms with van der Waals surface area (Å²) in [6.45, 7) is 0.593. The molecule has 2 aromatic carbocycles. The van der Waals surface area contributed by atoms with Crippen molar-refractivity contribution in [2.75, 3.05) is 6.54 Å². The number of aliphatic hydroxyl groups excluding tert-OH is 2. The van der Waals surface area contributed by atoms with Crippen LogP contribution in [0.4, 0.5) is 0 Å². The van der Waals surface area contributed by atoms with Crippen molar-refractivity contribution in [2.24, 2.45) is 0 Å². The number of carbonyl (C=O) groups excluding carboxylic acids is 2. The van der Waals surface area contributed by atoms with Gasteiger partial charge in [-0.15, -0.1) is 11.3 Å². The molecule has 2 amide bonds. The Labute approximate surface area is 201 Å². The number of nitriles is 1. The summed E-state index contributed by atoms with van der Waals surface area (Å²) in [5, 5.41) is 34.4. The first-order valence-electron chi connectivity index (χ1n) is 11.1. The molecule has 4 rings (SSSR count). The van der Waals surface area contributed by atoms with Crippen LogP contribution in [0.1, 0.15) is 34.9 Å². The summed E-state index contributed by atoms with van der Waals surface area (Å²) in [6, 6.07) is 20.8. The molecule has 7 nitrogen and oxygen atoms in total. The number of hydrogen-bond acceptors (Lipinski definition) is 6. The Morgan fingerprint density at radius 3 is 2.53 bits per heavy atom. The van der Waals surface area contributed by atoms with E-state index in [1.807, 2.05) is 66.0 Å². The van der Waals surface area contributed by atoms with Gasteiger partial charge in [0.15, 0.2) is 12.2 Å². The second-order valence-corrected chi connectivity index (χ2v) is 9.10. The van der Waals surface area contributed by atoms with Crippen LogP contribution in [0.25, 0.3) is 11.1 Å². The van der Waals surface area contributed by atoms with E-state index >= 15 is 0 Å². The lowest BCUT2D eigenvalue weighted by atomic mass is 10.0. The molecule has 174 valence electrons. The van der Waals surface area contributed by atoms with E-state index < -0.39 is 24.0 Å². The topological polar surface area (TPSA) is 114 Å². The van der Waals surface area contributed by atoms with E-state index in [9.17, 15) is 25.1 Å². The van der Waals surface area contributed by atoms with Crippen LogP contribution >= 0.6 is 11.3 Å². The van der Waals surface area contributed by atoms with Crippen LogP contribution in [0.5, 0.6) is 0 Å². The minimum atomic E-state index is -1.87. The lowest BCUT2D eigenvalue weighted by Gasteiger charge is -2.28. The Morgan fingerprint density at radius 1 is 1.09 bits per heavy atom. The van der Waals surface area contributed by atoms with Crippen molar-refractivity contribution in [3.8, 4) is 17.2 Å². The van der Waals surface area contributed by atoms with Gasteiger partial charge < -0.3 is 20.4 Å². The van der Waals surface area contributed by atoms with Crippen LogP contribution in [-0.2, 0) is 16.1 Å². The van der Waals surface area contributed by atoms with Gasteiger partial charge in [0, 0.05) is 18.7 Å². The fourth-order valence-corrected chi connectivity index (χ4v) is 4.93. The van der Waals surface area contributed by atoms with Crippen LogP contribution in [0.2, 0.25) is 0 Å². The molecular weight excluding hydrogens is 450 g/mol. The number of benzene rings is 2. The van der Waals surface area contributed by atoms with Gasteiger partial charge in [-0.3, -0.25) is 9.59 Å². The summed E-state index contributed by atoms with van der Waals surface area (Å²) in [4.78, 5) is 27.5. The number of thiophene rings is 1. The highest BCUT2D eigenvalue weighted by Crippen LogP contribution is 2.32.